The Morgan fingerprint density at radius 2 is 2.17 bits per heavy atom. The Labute approximate surface area is 112 Å². The summed E-state index contributed by atoms with van der Waals surface area (Å²) in [5.41, 5.74) is 6.09. The van der Waals surface area contributed by atoms with E-state index >= 15 is 0 Å². The molecule has 1 aromatic rings. The molecule has 1 aliphatic rings. The summed E-state index contributed by atoms with van der Waals surface area (Å²) >= 11 is 1.94. The summed E-state index contributed by atoms with van der Waals surface area (Å²) in [4.78, 5) is 11.6. The molecule has 98 valence electrons. The molecule has 1 aliphatic heterocycles. The first kappa shape index (κ1) is 13.4. The van der Waals surface area contributed by atoms with Crippen molar-refractivity contribution in [3.63, 3.8) is 0 Å². The molecular weight excluding hydrogens is 246 g/mol. The van der Waals surface area contributed by atoms with Crippen molar-refractivity contribution in [1.82, 2.24) is 0 Å². The van der Waals surface area contributed by atoms with Crippen LogP contribution in [0.25, 0.3) is 0 Å². The van der Waals surface area contributed by atoms with Gasteiger partial charge in [-0.25, -0.2) is 0 Å². The number of ether oxygens (including phenoxy) is 1. The lowest BCUT2D eigenvalue weighted by Crippen LogP contribution is -2.23. The average molecular weight is 265 g/mol. The molecule has 1 fully saturated rings. The molecular formula is C14H19NO2S. The molecule has 1 unspecified atom stereocenters. The van der Waals surface area contributed by atoms with Crippen LogP contribution in [0.2, 0.25) is 0 Å². The summed E-state index contributed by atoms with van der Waals surface area (Å²) in [5, 5.41) is 0. The molecule has 2 N–H and O–H groups in total. The van der Waals surface area contributed by atoms with Gasteiger partial charge in [0.15, 0.2) is 5.78 Å². The van der Waals surface area contributed by atoms with Crippen LogP contribution in [0.1, 0.15) is 29.6 Å². The Kier molecular flexibility index (Phi) is 5.08. The summed E-state index contributed by atoms with van der Waals surface area (Å²) in [6.45, 7) is 0.399. The largest absolute Gasteiger partial charge is 0.490 e. The number of benzene rings is 1. The molecule has 1 saturated heterocycles. The fourth-order valence-electron chi connectivity index (χ4n) is 1.99. The van der Waals surface area contributed by atoms with E-state index in [-0.39, 0.29) is 5.78 Å². The quantitative estimate of drug-likeness (QED) is 0.831. The molecule has 1 aromatic carbocycles. The van der Waals surface area contributed by atoms with Gasteiger partial charge in [0.25, 0.3) is 0 Å². The van der Waals surface area contributed by atoms with Crippen LogP contribution in [0.4, 0.5) is 0 Å². The first-order chi connectivity index (χ1) is 8.79. The number of thioether (sulfide) groups is 1. The molecule has 1 atom stereocenters. The Hall–Kier alpha value is -1.00. The molecule has 0 aliphatic carbocycles. The molecule has 0 saturated carbocycles. The highest BCUT2D eigenvalue weighted by molar-refractivity contribution is 7.99. The molecule has 0 aromatic heterocycles. The molecule has 0 radical (unpaired) electrons. The molecule has 2 rings (SSSR count). The normalized spacial score (nSPS) is 19.5. The molecule has 18 heavy (non-hydrogen) atoms. The van der Waals surface area contributed by atoms with Gasteiger partial charge in [0, 0.05) is 17.7 Å². The highest BCUT2D eigenvalue weighted by Crippen LogP contribution is 2.23. The number of rotatable bonds is 5. The summed E-state index contributed by atoms with van der Waals surface area (Å²) < 4.78 is 5.89. The topological polar surface area (TPSA) is 52.3 Å². The van der Waals surface area contributed by atoms with Crippen LogP contribution in [0.15, 0.2) is 24.3 Å². The van der Waals surface area contributed by atoms with Gasteiger partial charge in [-0.1, -0.05) is 0 Å². The number of hydrogen-bond acceptors (Lipinski definition) is 4. The lowest BCUT2D eigenvalue weighted by molar-refractivity contribution is 0.0985. The van der Waals surface area contributed by atoms with E-state index in [1.54, 1.807) is 0 Å². The number of Topliss-reactive ketones (excluding diaryl/α,β-unsaturated/α-hetero) is 1. The predicted octanol–water partition coefficient (Wildman–Crippen LogP) is 2.49. The molecule has 3 nitrogen and oxygen atoms in total. The SMILES string of the molecule is NCCC(=O)c1ccc(OC2CCCSC2)cc1. The highest BCUT2D eigenvalue weighted by Gasteiger charge is 2.15. The minimum absolute atomic E-state index is 0.0947. The number of ketones is 1. The van der Waals surface area contributed by atoms with E-state index in [1.165, 1.54) is 12.2 Å². The third kappa shape index (κ3) is 3.75. The van der Waals surface area contributed by atoms with Gasteiger partial charge in [-0.2, -0.15) is 11.8 Å². The van der Waals surface area contributed by atoms with Crippen molar-refractivity contribution in [3.05, 3.63) is 29.8 Å². The van der Waals surface area contributed by atoms with Crippen molar-refractivity contribution in [2.24, 2.45) is 5.73 Å². The highest BCUT2D eigenvalue weighted by atomic mass is 32.2. The Bertz CT molecular complexity index is 385. The average Bonchev–Trinajstić information content (AvgIpc) is 2.41. The minimum Gasteiger partial charge on any atom is -0.490 e. The lowest BCUT2D eigenvalue weighted by atomic mass is 10.1. The van der Waals surface area contributed by atoms with Gasteiger partial charge in [-0.15, -0.1) is 0 Å². The second kappa shape index (κ2) is 6.81. The Balaban J connectivity index is 1.92. The predicted molar refractivity (Wildman–Crippen MR) is 75.4 cm³/mol. The summed E-state index contributed by atoms with van der Waals surface area (Å²) in [5.74, 6) is 3.25. The lowest BCUT2D eigenvalue weighted by Gasteiger charge is -2.22. The summed E-state index contributed by atoms with van der Waals surface area (Å²) in [6, 6.07) is 7.40. The minimum atomic E-state index is 0.0947. The van der Waals surface area contributed by atoms with Crippen LogP contribution < -0.4 is 10.5 Å². The number of hydrogen-bond donors (Lipinski definition) is 1. The summed E-state index contributed by atoms with van der Waals surface area (Å²) in [7, 11) is 0. The molecule has 0 spiro atoms. The fourth-order valence-corrected chi connectivity index (χ4v) is 3.03. The van der Waals surface area contributed by atoms with Gasteiger partial charge in [-0.05, 0) is 49.4 Å². The zero-order valence-electron chi connectivity index (χ0n) is 10.4. The van der Waals surface area contributed by atoms with E-state index in [9.17, 15) is 4.79 Å². The third-order valence-corrected chi connectivity index (χ3v) is 4.15. The number of carbonyl (C=O) groups excluding carboxylic acids is 1. The molecule has 1 heterocycles. The van der Waals surface area contributed by atoms with Gasteiger partial charge in [0.1, 0.15) is 11.9 Å². The maximum absolute atomic E-state index is 11.6. The zero-order chi connectivity index (χ0) is 12.8. The van der Waals surface area contributed by atoms with Crippen molar-refractivity contribution in [2.45, 2.75) is 25.4 Å². The first-order valence-electron chi connectivity index (χ1n) is 6.37. The van der Waals surface area contributed by atoms with Gasteiger partial charge in [0.05, 0.1) is 0 Å². The smallest absolute Gasteiger partial charge is 0.164 e. The molecule has 4 heteroatoms. The number of carbonyl (C=O) groups is 1. The second-order valence-corrected chi connectivity index (χ2v) is 5.59. The van der Waals surface area contributed by atoms with Crippen molar-refractivity contribution >= 4 is 17.5 Å². The van der Waals surface area contributed by atoms with E-state index in [4.69, 9.17) is 10.5 Å². The first-order valence-corrected chi connectivity index (χ1v) is 7.53. The van der Waals surface area contributed by atoms with E-state index in [2.05, 4.69) is 0 Å². The van der Waals surface area contributed by atoms with Crippen molar-refractivity contribution in [3.8, 4) is 5.75 Å². The zero-order valence-corrected chi connectivity index (χ0v) is 11.2. The summed E-state index contributed by atoms with van der Waals surface area (Å²) in [6.07, 6.45) is 3.07. The van der Waals surface area contributed by atoms with Crippen LogP contribution in [-0.2, 0) is 0 Å². The maximum Gasteiger partial charge on any atom is 0.164 e. The molecule has 0 amide bonds. The van der Waals surface area contributed by atoms with Crippen molar-refractivity contribution < 1.29 is 9.53 Å². The third-order valence-electron chi connectivity index (χ3n) is 2.97. The number of nitrogens with two attached hydrogens (primary N) is 1. The monoisotopic (exact) mass is 265 g/mol. The Morgan fingerprint density at radius 1 is 1.39 bits per heavy atom. The van der Waals surface area contributed by atoms with Crippen LogP contribution >= 0.6 is 11.8 Å². The fraction of sp³-hybridized carbons (Fsp3) is 0.500. The Morgan fingerprint density at radius 3 is 2.78 bits per heavy atom. The van der Waals surface area contributed by atoms with E-state index in [1.807, 2.05) is 36.0 Å². The van der Waals surface area contributed by atoms with Gasteiger partial charge in [0.2, 0.25) is 0 Å². The van der Waals surface area contributed by atoms with Crippen LogP contribution in [0.5, 0.6) is 5.75 Å². The van der Waals surface area contributed by atoms with Gasteiger partial charge in [-0.3, -0.25) is 4.79 Å². The van der Waals surface area contributed by atoms with E-state index in [0.717, 1.165) is 17.9 Å². The van der Waals surface area contributed by atoms with E-state index in [0.29, 0.717) is 24.6 Å². The molecule has 0 bridgehead atoms. The standard InChI is InChI=1S/C14H19NO2S/c15-8-7-14(16)11-3-5-12(6-4-11)17-13-2-1-9-18-10-13/h3-6,13H,1-2,7-10,15H2. The van der Waals surface area contributed by atoms with Gasteiger partial charge >= 0.3 is 0 Å². The van der Waals surface area contributed by atoms with Gasteiger partial charge < -0.3 is 10.5 Å². The maximum atomic E-state index is 11.6. The van der Waals surface area contributed by atoms with E-state index < -0.39 is 0 Å². The van der Waals surface area contributed by atoms with Crippen LogP contribution in [0, 0.1) is 0 Å². The van der Waals surface area contributed by atoms with Crippen LogP contribution in [-0.4, -0.2) is 29.9 Å². The second-order valence-electron chi connectivity index (χ2n) is 4.44. The van der Waals surface area contributed by atoms with Crippen molar-refractivity contribution in [1.29, 1.82) is 0 Å². The van der Waals surface area contributed by atoms with Crippen molar-refractivity contribution in [2.75, 3.05) is 18.1 Å². The van der Waals surface area contributed by atoms with Crippen LogP contribution in [0.3, 0.4) is 0 Å².